The highest BCUT2D eigenvalue weighted by Crippen LogP contribution is 2.30. The topological polar surface area (TPSA) is 50.4 Å². The molecule has 2 aliphatic rings. The van der Waals surface area contributed by atoms with Crippen molar-refractivity contribution in [2.45, 2.75) is 44.8 Å². The predicted octanol–water partition coefficient (Wildman–Crippen LogP) is 2.09. The van der Waals surface area contributed by atoms with Gasteiger partial charge in [-0.1, -0.05) is 6.07 Å². The molecule has 4 nitrogen and oxygen atoms in total. The number of anilines is 1. The Morgan fingerprint density at radius 1 is 1.42 bits per heavy atom. The van der Waals surface area contributed by atoms with Crippen molar-refractivity contribution in [3.05, 3.63) is 23.8 Å². The average molecular weight is 260 g/mol. The van der Waals surface area contributed by atoms with Gasteiger partial charge in [0.15, 0.2) is 6.10 Å². The Hall–Kier alpha value is -1.55. The number of fused-ring (bicyclic) bond motifs is 1. The van der Waals surface area contributed by atoms with Crippen LogP contribution < -0.4 is 15.4 Å². The minimum atomic E-state index is -0.402. The van der Waals surface area contributed by atoms with E-state index in [0.29, 0.717) is 0 Å². The third-order valence-corrected chi connectivity index (χ3v) is 3.63. The van der Waals surface area contributed by atoms with E-state index in [9.17, 15) is 4.79 Å². The summed E-state index contributed by atoms with van der Waals surface area (Å²) in [6.07, 6.45) is 4.42. The summed E-state index contributed by atoms with van der Waals surface area (Å²) in [7, 11) is 0. The molecule has 19 heavy (non-hydrogen) atoms. The molecule has 0 aromatic heterocycles. The van der Waals surface area contributed by atoms with Crippen molar-refractivity contribution in [1.82, 2.24) is 5.32 Å². The second-order valence-corrected chi connectivity index (χ2v) is 5.41. The number of ether oxygens (including phenoxy) is 1. The second-order valence-electron chi connectivity index (χ2n) is 5.41. The van der Waals surface area contributed by atoms with Crippen LogP contribution in [0.3, 0.4) is 0 Å². The summed E-state index contributed by atoms with van der Waals surface area (Å²) in [6, 6.07) is 6.84. The maximum Gasteiger partial charge on any atom is 0.265 e. The summed E-state index contributed by atoms with van der Waals surface area (Å²) in [5, 5.41) is 6.40. The Labute approximate surface area is 113 Å². The lowest BCUT2D eigenvalue weighted by Gasteiger charge is -2.23. The van der Waals surface area contributed by atoms with Crippen LogP contribution in [0.4, 0.5) is 5.69 Å². The van der Waals surface area contributed by atoms with Crippen molar-refractivity contribution >= 4 is 11.6 Å². The third kappa shape index (κ3) is 3.07. The molecule has 3 rings (SSSR count). The molecule has 1 aliphatic heterocycles. The number of carbonyl (C=O) groups excluding carboxylic acids is 1. The van der Waals surface area contributed by atoms with Gasteiger partial charge in [-0.25, -0.2) is 0 Å². The van der Waals surface area contributed by atoms with E-state index in [1.165, 1.54) is 18.4 Å². The Morgan fingerprint density at radius 3 is 3.05 bits per heavy atom. The standard InChI is InChI=1S/C15H20N2O2/c1-10-15(18)17-13-9-11(4-7-14(13)19-10)3-2-8-16-12-5-6-12/h4,7,9-10,12,16H,2-3,5-6,8H2,1H3,(H,17,18). The Kier molecular flexibility index (Phi) is 3.42. The van der Waals surface area contributed by atoms with E-state index in [1.54, 1.807) is 6.92 Å². The van der Waals surface area contributed by atoms with Crippen LogP contribution in [-0.2, 0) is 11.2 Å². The van der Waals surface area contributed by atoms with E-state index in [0.717, 1.165) is 36.9 Å². The number of amides is 1. The van der Waals surface area contributed by atoms with Crippen LogP contribution in [0.15, 0.2) is 18.2 Å². The van der Waals surface area contributed by atoms with Gasteiger partial charge in [-0.15, -0.1) is 0 Å². The first-order valence-corrected chi connectivity index (χ1v) is 7.06. The highest BCUT2D eigenvalue weighted by Gasteiger charge is 2.23. The maximum absolute atomic E-state index is 11.6. The summed E-state index contributed by atoms with van der Waals surface area (Å²) in [5.74, 6) is 0.701. The van der Waals surface area contributed by atoms with Gasteiger partial charge in [0.1, 0.15) is 5.75 Å². The minimum absolute atomic E-state index is 0.0694. The lowest BCUT2D eigenvalue weighted by atomic mass is 10.1. The quantitative estimate of drug-likeness (QED) is 0.797. The molecule has 1 amide bonds. The number of rotatable bonds is 5. The molecule has 0 spiro atoms. The van der Waals surface area contributed by atoms with Gasteiger partial charge in [-0.05, 0) is 56.8 Å². The molecule has 4 heteroatoms. The summed E-state index contributed by atoms with van der Waals surface area (Å²) >= 11 is 0. The number of aryl methyl sites for hydroxylation is 1. The number of hydrogen-bond acceptors (Lipinski definition) is 3. The van der Waals surface area contributed by atoms with Crippen molar-refractivity contribution in [2.75, 3.05) is 11.9 Å². The Balaban J connectivity index is 1.57. The SMILES string of the molecule is CC1Oc2ccc(CCCNC3CC3)cc2NC1=O. The van der Waals surface area contributed by atoms with E-state index in [1.807, 2.05) is 12.1 Å². The van der Waals surface area contributed by atoms with E-state index in [-0.39, 0.29) is 5.91 Å². The lowest BCUT2D eigenvalue weighted by Crippen LogP contribution is -2.34. The molecule has 1 aliphatic carbocycles. The molecule has 1 fully saturated rings. The summed E-state index contributed by atoms with van der Waals surface area (Å²) < 4.78 is 5.54. The van der Waals surface area contributed by atoms with E-state index < -0.39 is 6.10 Å². The van der Waals surface area contributed by atoms with Crippen molar-refractivity contribution in [2.24, 2.45) is 0 Å². The molecular weight excluding hydrogens is 240 g/mol. The smallest absolute Gasteiger partial charge is 0.265 e. The van der Waals surface area contributed by atoms with Crippen LogP contribution in [0.5, 0.6) is 5.75 Å². The van der Waals surface area contributed by atoms with Gasteiger partial charge in [0.05, 0.1) is 5.69 Å². The number of hydrogen-bond donors (Lipinski definition) is 2. The van der Waals surface area contributed by atoms with Crippen molar-refractivity contribution in [3.8, 4) is 5.75 Å². The first-order chi connectivity index (χ1) is 9.22. The maximum atomic E-state index is 11.6. The number of nitrogens with one attached hydrogen (secondary N) is 2. The molecule has 1 saturated carbocycles. The van der Waals surface area contributed by atoms with Gasteiger partial charge in [-0.2, -0.15) is 0 Å². The molecule has 1 aromatic carbocycles. The largest absolute Gasteiger partial charge is 0.479 e. The van der Waals surface area contributed by atoms with Crippen LogP contribution in [0.1, 0.15) is 31.7 Å². The highest BCUT2D eigenvalue weighted by atomic mass is 16.5. The van der Waals surface area contributed by atoms with Crippen LogP contribution >= 0.6 is 0 Å². The normalized spacial score (nSPS) is 21.5. The van der Waals surface area contributed by atoms with Crippen LogP contribution in [0, 0.1) is 0 Å². The van der Waals surface area contributed by atoms with Gasteiger partial charge in [0.25, 0.3) is 5.91 Å². The highest BCUT2D eigenvalue weighted by molar-refractivity contribution is 5.97. The van der Waals surface area contributed by atoms with E-state index in [4.69, 9.17) is 4.74 Å². The fraction of sp³-hybridized carbons (Fsp3) is 0.533. The average Bonchev–Trinajstić information content (AvgIpc) is 3.20. The fourth-order valence-electron chi connectivity index (χ4n) is 2.30. The second kappa shape index (κ2) is 5.21. The molecule has 1 unspecified atom stereocenters. The first-order valence-electron chi connectivity index (χ1n) is 7.06. The van der Waals surface area contributed by atoms with Crippen LogP contribution in [0.25, 0.3) is 0 Å². The summed E-state index contributed by atoms with van der Waals surface area (Å²) in [6.45, 7) is 2.83. The molecule has 1 heterocycles. The molecule has 1 aromatic rings. The molecular formula is C15H20N2O2. The van der Waals surface area contributed by atoms with Crippen molar-refractivity contribution < 1.29 is 9.53 Å². The molecule has 1 atom stereocenters. The van der Waals surface area contributed by atoms with Gasteiger partial charge in [-0.3, -0.25) is 4.79 Å². The van der Waals surface area contributed by atoms with Gasteiger partial charge >= 0.3 is 0 Å². The van der Waals surface area contributed by atoms with Gasteiger partial charge < -0.3 is 15.4 Å². The monoisotopic (exact) mass is 260 g/mol. The molecule has 2 N–H and O–H groups in total. The molecule has 0 radical (unpaired) electrons. The first kappa shape index (κ1) is 12.5. The van der Waals surface area contributed by atoms with E-state index >= 15 is 0 Å². The lowest BCUT2D eigenvalue weighted by molar-refractivity contribution is -0.122. The summed E-state index contributed by atoms with van der Waals surface area (Å²) in [4.78, 5) is 11.6. The molecule has 0 saturated heterocycles. The molecule has 102 valence electrons. The predicted molar refractivity (Wildman–Crippen MR) is 74.5 cm³/mol. The number of carbonyl (C=O) groups is 1. The Bertz CT molecular complexity index is 483. The van der Waals surface area contributed by atoms with Crippen molar-refractivity contribution in [1.29, 1.82) is 0 Å². The summed E-state index contributed by atoms with van der Waals surface area (Å²) in [5.41, 5.74) is 2.05. The zero-order chi connectivity index (χ0) is 13.2. The Morgan fingerprint density at radius 2 is 2.26 bits per heavy atom. The third-order valence-electron chi connectivity index (χ3n) is 3.63. The van der Waals surface area contributed by atoms with E-state index in [2.05, 4.69) is 16.7 Å². The van der Waals surface area contributed by atoms with Gasteiger partial charge in [0.2, 0.25) is 0 Å². The fourth-order valence-corrected chi connectivity index (χ4v) is 2.30. The zero-order valence-electron chi connectivity index (χ0n) is 11.2. The van der Waals surface area contributed by atoms with Crippen LogP contribution in [0.2, 0.25) is 0 Å². The molecule has 0 bridgehead atoms. The number of benzene rings is 1. The van der Waals surface area contributed by atoms with Crippen LogP contribution in [-0.4, -0.2) is 24.6 Å². The van der Waals surface area contributed by atoms with Crippen molar-refractivity contribution in [3.63, 3.8) is 0 Å². The van der Waals surface area contributed by atoms with Gasteiger partial charge in [0, 0.05) is 6.04 Å². The minimum Gasteiger partial charge on any atom is -0.479 e. The zero-order valence-corrected chi connectivity index (χ0v) is 11.2.